The molecule has 0 saturated heterocycles. The van der Waals surface area contributed by atoms with Crippen LogP contribution in [0.15, 0.2) is 53.5 Å². The second-order valence-electron chi connectivity index (χ2n) is 6.83. The third kappa shape index (κ3) is 10.7. The maximum atomic E-state index is 12.2. The number of benzene rings is 2. The Morgan fingerprint density at radius 1 is 1.03 bits per heavy atom. The first-order chi connectivity index (χ1) is 14.8. The first-order valence-electron chi connectivity index (χ1n) is 9.91. The molecule has 0 saturated carbocycles. The quantitative estimate of drug-likeness (QED) is 0.232. The molecule has 0 heterocycles. The maximum absolute atomic E-state index is 12.2. The summed E-state index contributed by atoms with van der Waals surface area (Å²) in [6.45, 7) is 1.58. The number of alkyl halides is 3. The van der Waals surface area contributed by atoms with Crippen molar-refractivity contribution in [2.45, 2.75) is 39.0 Å². The smallest absolute Gasteiger partial charge is 0.422 e. The van der Waals surface area contributed by atoms with Crippen molar-refractivity contribution in [2.24, 2.45) is 4.99 Å². The summed E-state index contributed by atoms with van der Waals surface area (Å²) in [7, 11) is 1.64. The number of hydrogen-bond acceptors (Lipinski definition) is 3. The van der Waals surface area contributed by atoms with Gasteiger partial charge in [0.05, 0.1) is 0 Å². The first-order valence-corrected chi connectivity index (χ1v) is 9.91. The number of nitrogens with one attached hydrogen (secondary N) is 3. The summed E-state index contributed by atoms with van der Waals surface area (Å²) in [5.74, 6) is 0.715. The van der Waals surface area contributed by atoms with Gasteiger partial charge >= 0.3 is 6.18 Å². The summed E-state index contributed by atoms with van der Waals surface area (Å²) >= 11 is 0. The Hall–Kier alpha value is -2.50. The van der Waals surface area contributed by atoms with Crippen molar-refractivity contribution in [1.82, 2.24) is 10.6 Å². The lowest BCUT2D eigenvalue weighted by Gasteiger charge is -2.13. The van der Waals surface area contributed by atoms with Gasteiger partial charge < -0.3 is 20.7 Å². The second-order valence-corrected chi connectivity index (χ2v) is 6.83. The van der Waals surface area contributed by atoms with Gasteiger partial charge in [-0.05, 0) is 41.8 Å². The van der Waals surface area contributed by atoms with E-state index in [0.717, 1.165) is 23.2 Å². The Morgan fingerprint density at radius 3 is 2.28 bits per heavy atom. The second kappa shape index (κ2) is 13.8. The van der Waals surface area contributed by atoms with Crippen LogP contribution in [0.2, 0.25) is 0 Å². The normalized spacial score (nSPS) is 11.3. The summed E-state index contributed by atoms with van der Waals surface area (Å²) in [6.07, 6.45) is -3.09. The lowest BCUT2D eigenvalue weighted by atomic mass is 10.2. The number of carbonyl (C=O) groups is 1. The molecular formula is C22H28F3IN4O2. The number of guanidine groups is 1. The van der Waals surface area contributed by atoms with Crippen LogP contribution in [0.3, 0.4) is 0 Å². The van der Waals surface area contributed by atoms with Crippen molar-refractivity contribution in [3.05, 3.63) is 59.7 Å². The molecule has 2 aromatic carbocycles. The first kappa shape index (κ1) is 27.5. The van der Waals surface area contributed by atoms with Crippen molar-refractivity contribution in [1.29, 1.82) is 0 Å². The molecule has 0 spiro atoms. The number of carbonyl (C=O) groups excluding carboxylic acids is 1. The van der Waals surface area contributed by atoms with Crippen LogP contribution in [0.1, 0.15) is 30.9 Å². The van der Waals surface area contributed by atoms with E-state index in [2.05, 4.69) is 20.9 Å². The highest BCUT2D eigenvalue weighted by Crippen LogP contribution is 2.18. The Morgan fingerprint density at radius 2 is 1.69 bits per heavy atom. The van der Waals surface area contributed by atoms with Gasteiger partial charge in [0, 0.05) is 32.2 Å². The fourth-order valence-corrected chi connectivity index (χ4v) is 2.67. The lowest BCUT2D eigenvalue weighted by molar-refractivity contribution is -0.153. The van der Waals surface area contributed by atoms with Crippen molar-refractivity contribution in [3.8, 4) is 5.75 Å². The van der Waals surface area contributed by atoms with E-state index < -0.39 is 12.8 Å². The van der Waals surface area contributed by atoms with E-state index in [1.54, 1.807) is 19.2 Å². The highest BCUT2D eigenvalue weighted by molar-refractivity contribution is 14.0. The number of halogens is 4. The number of ether oxygens (including phenoxy) is 1. The van der Waals surface area contributed by atoms with E-state index in [4.69, 9.17) is 4.74 Å². The van der Waals surface area contributed by atoms with Gasteiger partial charge in [0.25, 0.3) is 0 Å². The van der Waals surface area contributed by atoms with E-state index in [0.29, 0.717) is 25.5 Å². The Kier molecular flexibility index (Phi) is 11.9. The van der Waals surface area contributed by atoms with Gasteiger partial charge in [-0.25, -0.2) is 0 Å². The molecule has 2 aromatic rings. The third-order valence-electron chi connectivity index (χ3n) is 4.16. The molecular weight excluding hydrogens is 536 g/mol. The number of amides is 1. The van der Waals surface area contributed by atoms with Gasteiger partial charge in [0.15, 0.2) is 12.6 Å². The molecule has 0 atom stereocenters. The van der Waals surface area contributed by atoms with Crippen LogP contribution in [0.5, 0.6) is 5.75 Å². The molecule has 0 aliphatic heterocycles. The van der Waals surface area contributed by atoms with Gasteiger partial charge in [0.1, 0.15) is 5.75 Å². The van der Waals surface area contributed by atoms with Crippen molar-refractivity contribution in [3.63, 3.8) is 0 Å². The minimum Gasteiger partial charge on any atom is -0.484 e. The minimum absolute atomic E-state index is 0. The molecule has 0 radical (unpaired) electrons. The molecule has 0 unspecified atom stereocenters. The average molecular weight is 564 g/mol. The molecule has 176 valence electrons. The number of anilines is 1. The number of hydrogen-bond donors (Lipinski definition) is 3. The predicted molar refractivity (Wildman–Crippen MR) is 130 cm³/mol. The van der Waals surface area contributed by atoms with Gasteiger partial charge in [-0.3, -0.25) is 9.79 Å². The molecule has 1 amide bonds. The monoisotopic (exact) mass is 564 g/mol. The number of rotatable bonds is 9. The van der Waals surface area contributed by atoms with Crippen LogP contribution in [0.4, 0.5) is 18.9 Å². The van der Waals surface area contributed by atoms with Crippen LogP contribution in [0.25, 0.3) is 0 Å². The fourth-order valence-electron chi connectivity index (χ4n) is 2.67. The van der Waals surface area contributed by atoms with Crippen LogP contribution in [-0.4, -0.2) is 31.7 Å². The van der Waals surface area contributed by atoms with Gasteiger partial charge in [-0.15, -0.1) is 24.0 Å². The molecule has 0 fully saturated rings. The van der Waals surface area contributed by atoms with Gasteiger partial charge in [-0.2, -0.15) is 13.2 Å². The Balaban J connectivity index is 0.00000512. The van der Waals surface area contributed by atoms with Crippen molar-refractivity contribution >= 4 is 41.5 Å². The zero-order valence-electron chi connectivity index (χ0n) is 18.0. The zero-order chi connectivity index (χ0) is 22.7. The summed E-state index contributed by atoms with van der Waals surface area (Å²) in [5.41, 5.74) is 2.58. The molecule has 0 bridgehead atoms. The van der Waals surface area contributed by atoms with Crippen LogP contribution in [0, 0.1) is 0 Å². The Bertz CT molecular complexity index is 874. The van der Waals surface area contributed by atoms with Crippen LogP contribution >= 0.6 is 24.0 Å². The summed E-state index contributed by atoms with van der Waals surface area (Å²) in [6, 6.07) is 13.9. The maximum Gasteiger partial charge on any atom is 0.422 e. The topological polar surface area (TPSA) is 74.8 Å². The molecule has 32 heavy (non-hydrogen) atoms. The summed E-state index contributed by atoms with van der Waals surface area (Å²) < 4.78 is 41.3. The number of nitrogens with zero attached hydrogens (tertiary/aromatic N) is 1. The SMILES string of the molecule is CCCC(=O)Nc1cccc(CNC(=NC)NCc2ccc(OCC(F)(F)F)cc2)c1.I. The van der Waals surface area contributed by atoms with Crippen molar-refractivity contribution in [2.75, 3.05) is 19.0 Å². The molecule has 10 heteroatoms. The molecule has 2 rings (SSSR count). The third-order valence-corrected chi connectivity index (χ3v) is 4.16. The van der Waals surface area contributed by atoms with E-state index in [1.165, 1.54) is 12.1 Å². The lowest BCUT2D eigenvalue weighted by Crippen LogP contribution is -2.36. The largest absolute Gasteiger partial charge is 0.484 e. The van der Waals surface area contributed by atoms with Gasteiger partial charge in [-0.1, -0.05) is 31.2 Å². The molecule has 0 aliphatic carbocycles. The molecule has 0 aromatic heterocycles. The average Bonchev–Trinajstić information content (AvgIpc) is 2.73. The highest BCUT2D eigenvalue weighted by Gasteiger charge is 2.28. The minimum atomic E-state index is -4.36. The molecule has 6 nitrogen and oxygen atoms in total. The van der Waals surface area contributed by atoms with E-state index >= 15 is 0 Å². The van der Waals surface area contributed by atoms with E-state index in [9.17, 15) is 18.0 Å². The molecule has 0 aliphatic rings. The summed E-state index contributed by atoms with van der Waals surface area (Å²) in [4.78, 5) is 15.9. The van der Waals surface area contributed by atoms with Crippen LogP contribution in [-0.2, 0) is 17.9 Å². The standard InChI is InChI=1S/C22H27F3N4O2.HI/c1-3-5-20(30)29-18-7-4-6-17(12-18)14-28-21(26-2)27-13-16-8-10-19(11-9-16)31-15-22(23,24)25;/h4,6-12H,3,5,13-15H2,1-2H3,(H,29,30)(H2,26,27,28);1H. The van der Waals surface area contributed by atoms with Crippen LogP contribution < -0.4 is 20.7 Å². The fraction of sp³-hybridized carbons (Fsp3) is 0.364. The van der Waals surface area contributed by atoms with Gasteiger partial charge in [0.2, 0.25) is 5.91 Å². The predicted octanol–water partition coefficient (Wildman–Crippen LogP) is 4.85. The number of aliphatic imine (C=N–C) groups is 1. The van der Waals surface area contributed by atoms with E-state index in [-0.39, 0.29) is 35.6 Å². The highest BCUT2D eigenvalue weighted by atomic mass is 127. The Labute approximate surface area is 203 Å². The summed E-state index contributed by atoms with van der Waals surface area (Å²) in [5, 5.41) is 9.20. The zero-order valence-corrected chi connectivity index (χ0v) is 20.3. The van der Waals surface area contributed by atoms with Crippen molar-refractivity contribution < 1.29 is 22.7 Å². The van der Waals surface area contributed by atoms with E-state index in [1.807, 2.05) is 31.2 Å². The molecule has 3 N–H and O–H groups in total.